The number of amides is 1. The molecule has 0 bridgehead atoms. The number of hydrogen-bond donors (Lipinski definition) is 1. The molecule has 0 aliphatic carbocycles. The van der Waals surface area contributed by atoms with Crippen molar-refractivity contribution in [3.05, 3.63) is 36.0 Å². The predicted molar refractivity (Wildman–Crippen MR) is 86.2 cm³/mol. The first-order valence-corrected chi connectivity index (χ1v) is 9.26. The van der Waals surface area contributed by atoms with Crippen molar-refractivity contribution < 1.29 is 13.2 Å². The maximum absolute atomic E-state index is 12.3. The van der Waals surface area contributed by atoms with Crippen LogP contribution in [0.25, 0.3) is 10.9 Å². The smallest absolute Gasteiger partial charge is 0.222 e. The largest absolute Gasteiger partial charge is 0.361 e. The molecule has 2 aromatic rings. The van der Waals surface area contributed by atoms with E-state index in [2.05, 4.69) is 4.98 Å². The molecule has 1 aliphatic rings. The third kappa shape index (κ3) is 3.16. The zero-order valence-electron chi connectivity index (χ0n) is 12.6. The normalized spacial score (nSPS) is 20.3. The van der Waals surface area contributed by atoms with Crippen molar-refractivity contribution in [3.8, 4) is 0 Å². The summed E-state index contributed by atoms with van der Waals surface area (Å²) in [5, 5.41) is 1.12. The molecular weight excluding hydrogens is 300 g/mol. The van der Waals surface area contributed by atoms with Gasteiger partial charge in [0, 0.05) is 37.1 Å². The van der Waals surface area contributed by atoms with Gasteiger partial charge in [0.15, 0.2) is 9.84 Å². The number of nitrogens with one attached hydrogen (secondary N) is 1. The van der Waals surface area contributed by atoms with Gasteiger partial charge < -0.3 is 9.88 Å². The number of fused-ring (bicyclic) bond motifs is 1. The van der Waals surface area contributed by atoms with Crippen molar-refractivity contribution >= 4 is 26.6 Å². The number of aromatic nitrogens is 1. The third-order valence-corrected chi connectivity index (χ3v) is 6.15. The monoisotopic (exact) mass is 320 g/mol. The summed E-state index contributed by atoms with van der Waals surface area (Å²) < 4.78 is 22.9. The Labute approximate surface area is 130 Å². The number of rotatable bonds is 4. The molecule has 1 aliphatic heterocycles. The van der Waals surface area contributed by atoms with Gasteiger partial charge in [-0.15, -0.1) is 0 Å². The van der Waals surface area contributed by atoms with E-state index < -0.39 is 9.84 Å². The number of nitrogens with zero attached hydrogens (tertiary/aromatic N) is 1. The molecule has 118 valence electrons. The Balaban J connectivity index is 1.65. The van der Waals surface area contributed by atoms with Crippen molar-refractivity contribution in [2.24, 2.45) is 5.92 Å². The van der Waals surface area contributed by atoms with Crippen LogP contribution >= 0.6 is 0 Å². The summed E-state index contributed by atoms with van der Waals surface area (Å²) >= 11 is 0. The van der Waals surface area contributed by atoms with Crippen molar-refractivity contribution in [2.75, 3.05) is 18.6 Å². The first-order chi connectivity index (χ1) is 10.4. The molecule has 1 fully saturated rings. The molecule has 1 amide bonds. The summed E-state index contributed by atoms with van der Waals surface area (Å²) in [6, 6.07) is 7.99. The van der Waals surface area contributed by atoms with Gasteiger partial charge in [-0.2, -0.15) is 0 Å². The van der Waals surface area contributed by atoms with Crippen LogP contribution in [0.3, 0.4) is 0 Å². The molecule has 6 heteroatoms. The Hall–Kier alpha value is -1.82. The minimum absolute atomic E-state index is 0.00892. The van der Waals surface area contributed by atoms with Crippen LogP contribution in [0.1, 0.15) is 18.4 Å². The molecule has 1 atom stereocenters. The van der Waals surface area contributed by atoms with Crippen LogP contribution < -0.4 is 0 Å². The van der Waals surface area contributed by atoms with Crippen LogP contribution in [0.2, 0.25) is 0 Å². The van der Waals surface area contributed by atoms with Gasteiger partial charge in [0.25, 0.3) is 0 Å². The number of carbonyl (C=O) groups excluding carboxylic acids is 1. The van der Waals surface area contributed by atoms with E-state index >= 15 is 0 Å². The third-order valence-electron chi connectivity index (χ3n) is 4.31. The SMILES string of the molecule is CN(Cc1cccc2[nH]ccc12)C(=O)CC1CCS(=O)(=O)C1. The van der Waals surface area contributed by atoms with E-state index in [1.165, 1.54) is 0 Å². The van der Waals surface area contributed by atoms with E-state index in [4.69, 9.17) is 0 Å². The average Bonchev–Trinajstić information content (AvgIpc) is 3.05. The Kier molecular flexibility index (Phi) is 3.95. The van der Waals surface area contributed by atoms with Crippen LogP contribution in [-0.2, 0) is 21.2 Å². The van der Waals surface area contributed by atoms with Crippen molar-refractivity contribution in [3.63, 3.8) is 0 Å². The van der Waals surface area contributed by atoms with E-state index in [1.54, 1.807) is 11.9 Å². The van der Waals surface area contributed by atoms with Crippen molar-refractivity contribution in [1.82, 2.24) is 9.88 Å². The number of hydrogen-bond acceptors (Lipinski definition) is 3. The van der Waals surface area contributed by atoms with Crippen LogP contribution in [0.15, 0.2) is 30.5 Å². The maximum atomic E-state index is 12.3. The predicted octanol–water partition coefficient (Wildman–Crippen LogP) is 1.95. The molecule has 1 aromatic carbocycles. The van der Waals surface area contributed by atoms with Gasteiger partial charge in [0.05, 0.1) is 11.5 Å². The fourth-order valence-corrected chi connectivity index (χ4v) is 4.93. The highest BCUT2D eigenvalue weighted by Gasteiger charge is 2.30. The lowest BCUT2D eigenvalue weighted by atomic mass is 10.0. The lowest BCUT2D eigenvalue weighted by Gasteiger charge is -2.19. The van der Waals surface area contributed by atoms with Gasteiger partial charge in [-0.3, -0.25) is 4.79 Å². The Morgan fingerprint density at radius 2 is 2.18 bits per heavy atom. The molecule has 0 spiro atoms. The van der Waals surface area contributed by atoms with Crippen LogP contribution in [-0.4, -0.2) is 42.8 Å². The Bertz CT molecular complexity index is 795. The molecule has 22 heavy (non-hydrogen) atoms. The zero-order valence-corrected chi connectivity index (χ0v) is 13.4. The highest BCUT2D eigenvalue weighted by molar-refractivity contribution is 7.91. The number of aromatic amines is 1. The topological polar surface area (TPSA) is 70.2 Å². The molecule has 5 nitrogen and oxygen atoms in total. The van der Waals surface area contributed by atoms with Crippen LogP contribution in [0, 0.1) is 5.92 Å². The average molecular weight is 320 g/mol. The summed E-state index contributed by atoms with van der Waals surface area (Å²) in [4.78, 5) is 17.2. The van der Waals surface area contributed by atoms with E-state index in [0.29, 0.717) is 19.4 Å². The molecule has 0 saturated carbocycles. The van der Waals surface area contributed by atoms with Gasteiger partial charge in [-0.05, 0) is 30.0 Å². The zero-order chi connectivity index (χ0) is 15.7. The van der Waals surface area contributed by atoms with Gasteiger partial charge in [-0.25, -0.2) is 8.42 Å². The standard InChI is InChI=1S/C16H20N2O3S/c1-18(16(19)9-12-6-8-22(20,21)11-12)10-13-3-2-4-15-14(13)5-7-17-15/h2-5,7,12,17H,6,8-11H2,1H3. The highest BCUT2D eigenvalue weighted by Crippen LogP contribution is 2.23. The Morgan fingerprint density at radius 1 is 1.36 bits per heavy atom. The maximum Gasteiger partial charge on any atom is 0.222 e. The van der Waals surface area contributed by atoms with Crippen molar-refractivity contribution in [2.45, 2.75) is 19.4 Å². The van der Waals surface area contributed by atoms with Crippen molar-refractivity contribution in [1.29, 1.82) is 0 Å². The van der Waals surface area contributed by atoms with Crippen LogP contribution in [0.5, 0.6) is 0 Å². The summed E-state index contributed by atoms with van der Waals surface area (Å²) in [5.41, 5.74) is 2.15. The Morgan fingerprint density at radius 3 is 2.91 bits per heavy atom. The second-order valence-corrected chi connectivity index (χ2v) is 8.31. The molecule has 1 saturated heterocycles. The highest BCUT2D eigenvalue weighted by atomic mass is 32.2. The number of carbonyl (C=O) groups is 1. The first kappa shape index (κ1) is 15.1. The lowest BCUT2D eigenvalue weighted by molar-refractivity contribution is -0.131. The van der Waals surface area contributed by atoms with Gasteiger partial charge in [-0.1, -0.05) is 12.1 Å². The van der Waals surface area contributed by atoms with Crippen LogP contribution in [0.4, 0.5) is 0 Å². The molecule has 2 heterocycles. The molecular formula is C16H20N2O3S. The quantitative estimate of drug-likeness (QED) is 0.936. The molecule has 0 radical (unpaired) electrons. The number of benzene rings is 1. The van der Waals surface area contributed by atoms with E-state index in [0.717, 1.165) is 16.5 Å². The van der Waals surface area contributed by atoms with E-state index in [9.17, 15) is 13.2 Å². The summed E-state index contributed by atoms with van der Waals surface area (Å²) in [5.74, 6) is 0.356. The summed E-state index contributed by atoms with van der Waals surface area (Å²) in [6.45, 7) is 0.535. The van der Waals surface area contributed by atoms with Gasteiger partial charge in [0.2, 0.25) is 5.91 Å². The molecule has 1 unspecified atom stereocenters. The van der Waals surface area contributed by atoms with Gasteiger partial charge >= 0.3 is 0 Å². The fourth-order valence-electron chi connectivity index (χ4n) is 3.07. The lowest BCUT2D eigenvalue weighted by Crippen LogP contribution is -2.28. The molecule has 1 aromatic heterocycles. The second-order valence-electron chi connectivity index (χ2n) is 6.08. The second kappa shape index (κ2) is 5.76. The fraction of sp³-hybridized carbons (Fsp3) is 0.438. The number of H-pyrrole nitrogens is 1. The number of sulfone groups is 1. The van der Waals surface area contributed by atoms with E-state index in [1.807, 2.05) is 30.5 Å². The summed E-state index contributed by atoms with van der Waals surface area (Å²) in [7, 11) is -1.15. The minimum atomic E-state index is -2.92. The molecule has 1 N–H and O–H groups in total. The summed E-state index contributed by atoms with van der Waals surface area (Å²) in [6.07, 6.45) is 2.81. The van der Waals surface area contributed by atoms with E-state index in [-0.39, 0.29) is 23.3 Å². The minimum Gasteiger partial charge on any atom is -0.361 e. The van der Waals surface area contributed by atoms with Gasteiger partial charge in [0.1, 0.15) is 0 Å². The molecule has 3 rings (SSSR count). The first-order valence-electron chi connectivity index (χ1n) is 7.44.